The number of aryl methyl sites for hydroxylation is 1. The van der Waals surface area contributed by atoms with Gasteiger partial charge in [-0.25, -0.2) is 4.84 Å². The summed E-state index contributed by atoms with van der Waals surface area (Å²) in [6, 6.07) is 11.0. The van der Waals surface area contributed by atoms with E-state index >= 15 is 0 Å². The third kappa shape index (κ3) is 4.33. The van der Waals surface area contributed by atoms with Gasteiger partial charge in [-0.15, -0.1) is 0 Å². The topological polar surface area (TPSA) is 98.0 Å². The number of aromatic nitrogens is 1. The molecule has 1 aliphatic heterocycles. The SMILES string of the molecule is CO[N+](=O)c1cccc2c(-c3c(OC(C)(C)C)cc4c5c(ccnc35)CCO4)c(CC(=O)O)c(C)cc12. The van der Waals surface area contributed by atoms with Crippen LogP contribution in [0.1, 0.15) is 37.5 Å². The van der Waals surface area contributed by atoms with E-state index in [0.29, 0.717) is 61.7 Å². The lowest BCUT2D eigenvalue weighted by Gasteiger charge is -2.28. The first-order chi connectivity index (χ1) is 17.6. The van der Waals surface area contributed by atoms with E-state index in [9.17, 15) is 14.8 Å². The standard InChI is InChI=1S/C29H28N2O6/c1-16-13-20-18(7-6-8-21(20)31(34)35-5)26(19(16)14-24(32)33)27-23(37-29(2,3)4)15-22-25-17(10-12-36-22)9-11-30-28(25)27/h6-9,11,13,15H,10,12,14H2,1-5H3/p+1. The van der Waals surface area contributed by atoms with Crippen molar-refractivity contribution in [2.24, 2.45) is 0 Å². The Balaban J connectivity index is 2.00. The van der Waals surface area contributed by atoms with Crippen molar-refractivity contribution in [1.29, 1.82) is 0 Å². The zero-order valence-electron chi connectivity index (χ0n) is 21.5. The van der Waals surface area contributed by atoms with Gasteiger partial charge in [0.1, 0.15) is 17.1 Å². The summed E-state index contributed by atoms with van der Waals surface area (Å²) in [5, 5.41) is 12.1. The van der Waals surface area contributed by atoms with Crippen molar-refractivity contribution in [3.63, 3.8) is 0 Å². The second kappa shape index (κ2) is 9.03. The summed E-state index contributed by atoms with van der Waals surface area (Å²) in [7, 11) is 1.31. The fourth-order valence-electron chi connectivity index (χ4n) is 5.10. The van der Waals surface area contributed by atoms with Crippen LogP contribution in [0.5, 0.6) is 11.5 Å². The van der Waals surface area contributed by atoms with Crippen LogP contribution >= 0.6 is 0 Å². The molecule has 1 aromatic heterocycles. The van der Waals surface area contributed by atoms with Gasteiger partial charge < -0.3 is 14.6 Å². The quantitative estimate of drug-likeness (QED) is 0.320. The minimum absolute atomic E-state index is 0.207. The Kier molecular flexibility index (Phi) is 5.98. The molecule has 2 heterocycles. The summed E-state index contributed by atoms with van der Waals surface area (Å²) in [5.41, 5.74) is 4.26. The van der Waals surface area contributed by atoms with Crippen molar-refractivity contribution in [2.45, 2.75) is 46.1 Å². The highest BCUT2D eigenvalue weighted by Crippen LogP contribution is 2.49. The Morgan fingerprint density at radius 2 is 1.95 bits per heavy atom. The van der Waals surface area contributed by atoms with Crippen LogP contribution in [0.25, 0.3) is 32.8 Å². The average Bonchev–Trinajstić information content (AvgIpc) is 2.83. The maximum atomic E-state index is 12.6. The van der Waals surface area contributed by atoms with Crippen LogP contribution < -0.4 is 9.47 Å². The maximum absolute atomic E-state index is 12.6. The summed E-state index contributed by atoms with van der Waals surface area (Å²) in [5.74, 6) is 0.269. The molecule has 190 valence electrons. The predicted octanol–water partition coefficient (Wildman–Crippen LogP) is 6.07. The summed E-state index contributed by atoms with van der Waals surface area (Å²) in [6.45, 7) is 8.27. The Morgan fingerprint density at radius 3 is 2.65 bits per heavy atom. The van der Waals surface area contributed by atoms with Gasteiger partial charge in [-0.05, 0) is 67.5 Å². The lowest BCUT2D eigenvalue weighted by atomic mass is 9.85. The Morgan fingerprint density at radius 1 is 1.16 bits per heavy atom. The first-order valence-electron chi connectivity index (χ1n) is 12.1. The van der Waals surface area contributed by atoms with Gasteiger partial charge in [0.05, 0.1) is 34.4 Å². The first kappa shape index (κ1) is 24.5. The number of carboxylic acid groups (broad SMARTS) is 1. The van der Waals surface area contributed by atoms with E-state index in [1.165, 1.54) is 7.11 Å². The number of aliphatic carboxylic acids is 1. The fourth-order valence-corrected chi connectivity index (χ4v) is 5.10. The van der Waals surface area contributed by atoms with Crippen LogP contribution in [-0.2, 0) is 22.5 Å². The van der Waals surface area contributed by atoms with E-state index < -0.39 is 11.6 Å². The molecule has 3 aromatic carbocycles. The molecule has 0 aliphatic carbocycles. The van der Waals surface area contributed by atoms with Gasteiger partial charge in [0.15, 0.2) is 7.11 Å². The highest BCUT2D eigenvalue weighted by Gasteiger charge is 2.30. The zero-order chi connectivity index (χ0) is 26.5. The number of carbonyl (C=O) groups is 1. The zero-order valence-corrected chi connectivity index (χ0v) is 21.5. The Hall–Kier alpha value is -4.20. The Labute approximate surface area is 214 Å². The number of hydrogen-bond acceptors (Lipinski definition) is 6. The molecule has 4 aromatic rings. The number of ether oxygens (including phenoxy) is 2. The summed E-state index contributed by atoms with van der Waals surface area (Å²) >= 11 is 0. The molecule has 0 saturated carbocycles. The fraction of sp³-hybridized carbons (Fsp3) is 0.310. The molecule has 0 atom stereocenters. The monoisotopic (exact) mass is 501 g/mol. The van der Waals surface area contributed by atoms with E-state index in [1.54, 1.807) is 18.3 Å². The van der Waals surface area contributed by atoms with Crippen LogP contribution in [0, 0.1) is 11.8 Å². The second-order valence-electron chi connectivity index (χ2n) is 10.2. The van der Waals surface area contributed by atoms with Gasteiger partial charge in [0.2, 0.25) is 0 Å². The molecule has 8 heteroatoms. The van der Waals surface area contributed by atoms with Crippen LogP contribution in [0.4, 0.5) is 5.69 Å². The van der Waals surface area contributed by atoms with Gasteiger partial charge in [0.25, 0.3) is 4.92 Å². The average molecular weight is 502 g/mol. The third-order valence-electron chi connectivity index (χ3n) is 6.51. The summed E-state index contributed by atoms with van der Waals surface area (Å²) < 4.78 is 12.5. The molecule has 0 unspecified atom stereocenters. The van der Waals surface area contributed by atoms with E-state index in [4.69, 9.17) is 19.3 Å². The molecule has 5 rings (SSSR count). The normalized spacial score (nSPS) is 12.9. The van der Waals surface area contributed by atoms with Crippen LogP contribution in [0.15, 0.2) is 42.6 Å². The van der Waals surface area contributed by atoms with Crippen molar-refractivity contribution >= 4 is 33.3 Å². The maximum Gasteiger partial charge on any atom is 0.324 e. The lowest BCUT2D eigenvalue weighted by Crippen LogP contribution is -2.24. The number of hydrogen-bond donors (Lipinski definition) is 1. The molecule has 0 spiro atoms. The van der Waals surface area contributed by atoms with E-state index in [1.807, 2.05) is 52.0 Å². The van der Waals surface area contributed by atoms with Gasteiger partial charge in [-0.3, -0.25) is 9.78 Å². The molecule has 0 radical (unpaired) electrons. The van der Waals surface area contributed by atoms with Crippen molar-refractivity contribution in [2.75, 3.05) is 13.7 Å². The minimum Gasteiger partial charge on any atom is -0.492 e. The van der Waals surface area contributed by atoms with Gasteiger partial charge >= 0.3 is 11.7 Å². The van der Waals surface area contributed by atoms with Gasteiger partial charge in [-0.2, -0.15) is 0 Å². The molecular weight excluding hydrogens is 472 g/mol. The lowest BCUT2D eigenvalue weighted by molar-refractivity contribution is -0.735. The number of rotatable bonds is 6. The van der Waals surface area contributed by atoms with E-state index in [2.05, 4.69) is 0 Å². The minimum atomic E-state index is -0.959. The van der Waals surface area contributed by atoms with Crippen molar-refractivity contribution < 1.29 is 29.1 Å². The number of benzene rings is 3. The van der Waals surface area contributed by atoms with Gasteiger partial charge in [-0.1, -0.05) is 12.1 Å². The van der Waals surface area contributed by atoms with Gasteiger partial charge in [0, 0.05) is 30.1 Å². The largest absolute Gasteiger partial charge is 0.492 e. The summed E-state index contributed by atoms with van der Waals surface area (Å²) in [6.07, 6.45) is 2.30. The first-order valence-corrected chi connectivity index (χ1v) is 12.1. The number of pyridine rings is 1. The smallest absolute Gasteiger partial charge is 0.324 e. The van der Waals surface area contributed by atoms with E-state index in [-0.39, 0.29) is 6.42 Å². The molecule has 0 amide bonds. The highest BCUT2D eigenvalue weighted by molar-refractivity contribution is 6.12. The molecular formula is C29H29N2O6+. The molecule has 8 nitrogen and oxygen atoms in total. The van der Waals surface area contributed by atoms with Crippen LogP contribution in [0.2, 0.25) is 0 Å². The Bertz CT molecular complexity index is 1590. The number of carboxylic acids is 1. The summed E-state index contributed by atoms with van der Waals surface area (Å²) in [4.78, 5) is 34.9. The van der Waals surface area contributed by atoms with Crippen molar-refractivity contribution in [3.8, 4) is 22.6 Å². The molecule has 0 fully saturated rings. The van der Waals surface area contributed by atoms with Crippen molar-refractivity contribution in [1.82, 2.24) is 4.98 Å². The van der Waals surface area contributed by atoms with Crippen molar-refractivity contribution in [3.05, 3.63) is 64.2 Å². The molecule has 1 aliphatic rings. The van der Waals surface area contributed by atoms with Crippen LogP contribution in [0.3, 0.4) is 0 Å². The van der Waals surface area contributed by atoms with Crippen LogP contribution in [-0.4, -0.2) is 40.3 Å². The molecule has 0 bridgehead atoms. The number of fused-ring (bicyclic) bond motifs is 1. The molecule has 0 saturated heterocycles. The molecule has 1 N–H and O–H groups in total. The number of nitrogens with zero attached hydrogens (tertiary/aromatic N) is 2. The highest BCUT2D eigenvalue weighted by atomic mass is 16.8. The predicted molar refractivity (Wildman–Crippen MR) is 141 cm³/mol. The van der Waals surface area contributed by atoms with E-state index in [0.717, 1.165) is 22.9 Å². The molecule has 37 heavy (non-hydrogen) atoms. The second-order valence-corrected chi connectivity index (χ2v) is 10.2. The third-order valence-corrected chi connectivity index (χ3v) is 6.51.